The summed E-state index contributed by atoms with van der Waals surface area (Å²) >= 11 is 3.40. The van der Waals surface area contributed by atoms with Gasteiger partial charge >= 0.3 is 0 Å². The predicted octanol–water partition coefficient (Wildman–Crippen LogP) is 2.70. The van der Waals surface area contributed by atoms with Crippen LogP contribution < -0.4 is 0 Å². The molecule has 0 bridgehead atoms. The maximum absolute atomic E-state index is 9.81. The van der Waals surface area contributed by atoms with Crippen LogP contribution in [0.25, 0.3) is 5.69 Å². The zero-order valence-electron chi connectivity index (χ0n) is 9.98. The van der Waals surface area contributed by atoms with Gasteiger partial charge in [-0.15, -0.1) is 0 Å². The molecule has 0 saturated heterocycles. The average molecular weight is 296 g/mol. The van der Waals surface area contributed by atoms with Crippen LogP contribution in [0.4, 0.5) is 0 Å². The largest absolute Gasteiger partial charge is 0.389 e. The Morgan fingerprint density at radius 2 is 2.06 bits per heavy atom. The molecule has 1 atom stereocenters. The van der Waals surface area contributed by atoms with Crippen molar-refractivity contribution < 1.29 is 5.11 Å². The van der Waals surface area contributed by atoms with Gasteiger partial charge in [0.15, 0.2) is 0 Å². The zero-order valence-corrected chi connectivity index (χ0v) is 11.6. The van der Waals surface area contributed by atoms with E-state index in [1.54, 1.807) is 11.6 Å². The smallest absolute Gasteiger partial charge is 0.148 e. The first-order valence-corrected chi connectivity index (χ1v) is 6.16. The summed E-state index contributed by atoms with van der Waals surface area (Å²) in [6.07, 6.45) is -0.550. The van der Waals surface area contributed by atoms with Crippen molar-refractivity contribution in [3.05, 3.63) is 39.9 Å². The van der Waals surface area contributed by atoms with Gasteiger partial charge in [0.2, 0.25) is 0 Å². The summed E-state index contributed by atoms with van der Waals surface area (Å²) in [7, 11) is 0. The van der Waals surface area contributed by atoms with E-state index < -0.39 is 6.10 Å². The number of aliphatic hydroxyl groups excluding tert-OH is 1. The highest BCUT2D eigenvalue weighted by Crippen LogP contribution is 2.25. The lowest BCUT2D eigenvalue weighted by Gasteiger charge is -2.13. The van der Waals surface area contributed by atoms with Crippen LogP contribution in [-0.4, -0.2) is 19.9 Å². The van der Waals surface area contributed by atoms with Crippen molar-refractivity contribution in [3.8, 4) is 5.69 Å². The average Bonchev–Trinajstić information content (AvgIpc) is 2.57. The molecule has 0 aliphatic rings. The van der Waals surface area contributed by atoms with Gasteiger partial charge in [0, 0.05) is 10.0 Å². The van der Waals surface area contributed by atoms with Crippen molar-refractivity contribution in [2.45, 2.75) is 26.9 Å². The molecule has 0 radical (unpaired) electrons. The second-order valence-electron chi connectivity index (χ2n) is 4.00. The van der Waals surface area contributed by atoms with Gasteiger partial charge in [0.1, 0.15) is 11.6 Å². The molecule has 1 heterocycles. The van der Waals surface area contributed by atoms with Gasteiger partial charge in [0.25, 0.3) is 0 Å². The lowest BCUT2D eigenvalue weighted by atomic mass is 10.1. The number of aromatic nitrogens is 3. The molecule has 0 aliphatic carbocycles. The van der Waals surface area contributed by atoms with Crippen LogP contribution in [0, 0.1) is 13.8 Å². The molecular weight excluding hydrogens is 282 g/mol. The van der Waals surface area contributed by atoms with Crippen molar-refractivity contribution in [2.75, 3.05) is 0 Å². The molecule has 5 heteroatoms. The molecule has 90 valence electrons. The van der Waals surface area contributed by atoms with E-state index >= 15 is 0 Å². The molecule has 1 unspecified atom stereocenters. The molecule has 1 aromatic carbocycles. The highest BCUT2D eigenvalue weighted by atomic mass is 79.9. The third kappa shape index (κ3) is 2.40. The maximum Gasteiger partial charge on any atom is 0.148 e. The molecule has 4 nitrogen and oxygen atoms in total. The summed E-state index contributed by atoms with van der Waals surface area (Å²) in [5.41, 5.74) is 1.69. The van der Waals surface area contributed by atoms with E-state index in [4.69, 9.17) is 0 Å². The molecule has 0 fully saturated rings. The molecule has 0 spiro atoms. The minimum atomic E-state index is -0.550. The van der Waals surface area contributed by atoms with Crippen molar-refractivity contribution >= 4 is 15.9 Å². The number of hydrogen-bond donors (Lipinski definition) is 1. The van der Waals surface area contributed by atoms with E-state index in [0.29, 0.717) is 0 Å². The lowest BCUT2D eigenvalue weighted by molar-refractivity contribution is 0.199. The first kappa shape index (κ1) is 12.3. The Labute approximate surface area is 108 Å². The van der Waals surface area contributed by atoms with Gasteiger partial charge in [-0.05, 0) is 39.0 Å². The summed E-state index contributed by atoms with van der Waals surface area (Å²) in [6, 6.07) is 5.75. The third-order valence-corrected chi connectivity index (χ3v) is 3.04. The second kappa shape index (κ2) is 4.58. The summed E-state index contributed by atoms with van der Waals surface area (Å²) in [6.45, 7) is 5.49. The van der Waals surface area contributed by atoms with Crippen LogP contribution in [0.2, 0.25) is 0 Å². The fraction of sp³-hybridized carbons (Fsp3) is 0.333. The fourth-order valence-corrected chi connectivity index (χ4v) is 2.18. The first-order valence-electron chi connectivity index (χ1n) is 5.37. The van der Waals surface area contributed by atoms with Crippen LogP contribution in [0.5, 0.6) is 0 Å². The molecule has 0 aliphatic heterocycles. The Morgan fingerprint density at radius 3 is 2.59 bits per heavy atom. The molecule has 0 saturated carbocycles. The first-order chi connectivity index (χ1) is 7.99. The van der Waals surface area contributed by atoms with E-state index in [1.165, 1.54) is 0 Å². The molecule has 1 aromatic heterocycles. The van der Waals surface area contributed by atoms with Crippen LogP contribution in [0.1, 0.15) is 30.2 Å². The monoisotopic (exact) mass is 295 g/mol. The van der Waals surface area contributed by atoms with Gasteiger partial charge in [-0.3, -0.25) is 0 Å². The van der Waals surface area contributed by atoms with Crippen molar-refractivity contribution in [3.63, 3.8) is 0 Å². The summed E-state index contributed by atoms with van der Waals surface area (Å²) in [5.74, 6) is 1.54. The van der Waals surface area contributed by atoms with Gasteiger partial charge in [0.05, 0.1) is 11.8 Å². The second-order valence-corrected chi connectivity index (χ2v) is 4.91. The van der Waals surface area contributed by atoms with Crippen LogP contribution in [-0.2, 0) is 0 Å². The number of rotatable bonds is 2. The Balaban J connectivity index is 2.62. The van der Waals surface area contributed by atoms with E-state index in [-0.39, 0.29) is 0 Å². The number of halogens is 1. The van der Waals surface area contributed by atoms with Gasteiger partial charge in [-0.2, -0.15) is 5.10 Å². The number of aryl methyl sites for hydroxylation is 2. The topological polar surface area (TPSA) is 50.9 Å². The summed E-state index contributed by atoms with van der Waals surface area (Å²) in [5, 5.41) is 14.1. The number of hydrogen-bond acceptors (Lipinski definition) is 3. The molecule has 1 N–H and O–H groups in total. The lowest BCUT2D eigenvalue weighted by Crippen LogP contribution is -2.06. The quantitative estimate of drug-likeness (QED) is 0.927. The Morgan fingerprint density at radius 1 is 1.35 bits per heavy atom. The van der Waals surface area contributed by atoms with Crippen molar-refractivity contribution in [1.29, 1.82) is 0 Å². The maximum atomic E-state index is 9.81. The van der Waals surface area contributed by atoms with Crippen LogP contribution >= 0.6 is 15.9 Å². The molecule has 2 aromatic rings. The fourth-order valence-electron chi connectivity index (χ4n) is 1.80. The highest BCUT2D eigenvalue weighted by molar-refractivity contribution is 9.10. The third-order valence-electron chi connectivity index (χ3n) is 2.54. The SMILES string of the molecule is Cc1nc(C)n(-c2ccc(Br)cc2C(C)O)n1. The predicted molar refractivity (Wildman–Crippen MR) is 69.2 cm³/mol. The van der Waals surface area contributed by atoms with E-state index in [2.05, 4.69) is 26.0 Å². The number of nitrogens with zero attached hydrogens (tertiary/aromatic N) is 3. The molecule has 0 amide bonds. The van der Waals surface area contributed by atoms with E-state index in [9.17, 15) is 5.11 Å². The highest BCUT2D eigenvalue weighted by Gasteiger charge is 2.13. The minimum absolute atomic E-state index is 0.550. The van der Waals surface area contributed by atoms with Gasteiger partial charge in [-0.1, -0.05) is 15.9 Å². The van der Waals surface area contributed by atoms with E-state index in [0.717, 1.165) is 27.4 Å². The normalized spacial score (nSPS) is 12.8. The Bertz CT molecular complexity index is 549. The number of benzene rings is 1. The van der Waals surface area contributed by atoms with Crippen LogP contribution in [0.3, 0.4) is 0 Å². The summed E-state index contributed by atoms with van der Waals surface area (Å²) < 4.78 is 2.69. The Kier molecular flexibility index (Phi) is 3.31. The molecule has 2 rings (SSSR count). The van der Waals surface area contributed by atoms with Crippen molar-refractivity contribution in [2.24, 2.45) is 0 Å². The summed E-state index contributed by atoms with van der Waals surface area (Å²) in [4.78, 5) is 4.27. The zero-order chi connectivity index (χ0) is 12.6. The minimum Gasteiger partial charge on any atom is -0.389 e. The van der Waals surface area contributed by atoms with Crippen molar-refractivity contribution in [1.82, 2.24) is 14.8 Å². The Hall–Kier alpha value is -1.20. The molecular formula is C12H14BrN3O. The van der Waals surface area contributed by atoms with Crippen LogP contribution in [0.15, 0.2) is 22.7 Å². The number of aliphatic hydroxyl groups is 1. The standard InChI is InChI=1S/C12H14BrN3O/c1-7(17)11-6-10(13)4-5-12(11)16-9(3)14-8(2)15-16/h4-7,17H,1-3H3. The molecule has 17 heavy (non-hydrogen) atoms. The van der Waals surface area contributed by atoms with E-state index in [1.807, 2.05) is 32.0 Å². The van der Waals surface area contributed by atoms with Gasteiger partial charge in [-0.25, -0.2) is 9.67 Å². The van der Waals surface area contributed by atoms with Gasteiger partial charge < -0.3 is 5.11 Å².